The lowest BCUT2D eigenvalue weighted by molar-refractivity contribution is -0.181. The van der Waals surface area contributed by atoms with E-state index in [0.717, 1.165) is 30.1 Å². The molecule has 0 saturated heterocycles. The molecular formula is C34H56O2. The highest BCUT2D eigenvalue weighted by Gasteiger charge is 2.82. The number of hydrogen-bond donors (Lipinski definition) is 0. The first-order valence-corrected chi connectivity index (χ1v) is 15.6. The minimum atomic E-state index is -0.0937. The Bertz CT molecular complexity index is 903. The van der Waals surface area contributed by atoms with Gasteiger partial charge in [0, 0.05) is 12.3 Å². The van der Waals surface area contributed by atoms with Crippen molar-refractivity contribution in [1.82, 2.24) is 0 Å². The molecule has 204 valence electrons. The molecule has 36 heavy (non-hydrogen) atoms. The summed E-state index contributed by atoms with van der Waals surface area (Å²) in [5.74, 6) is 3.93. The zero-order valence-corrected chi connectivity index (χ0v) is 25.0. The molecule has 0 aromatic carbocycles. The van der Waals surface area contributed by atoms with Crippen LogP contribution in [0.25, 0.3) is 0 Å². The molecule has 5 aliphatic carbocycles. The van der Waals surface area contributed by atoms with Crippen LogP contribution in [0, 0.1) is 56.7 Å². The fourth-order valence-corrected chi connectivity index (χ4v) is 12.2. The third kappa shape index (κ3) is 3.43. The van der Waals surface area contributed by atoms with E-state index >= 15 is 0 Å². The van der Waals surface area contributed by atoms with Crippen molar-refractivity contribution < 1.29 is 9.53 Å². The summed E-state index contributed by atoms with van der Waals surface area (Å²) >= 11 is 0. The van der Waals surface area contributed by atoms with Crippen LogP contribution in [0.5, 0.6) is 0 Å². The summed E-state index contributed by atoms with van der Waals surface area (Å²) < 4.78 is 5.92. The number of esters is 1. The highest BCUT2D eigenvalue weighted by atomic mass is 16.5. The molecule has 0 heterocycles. The molecule has 0 bridgehead atoms. The van der Waals surface area contributed by atoms with Crippen molar-refractivity contribution in [2.24, 2.45) is 56.7 Å². The van der Waals surface area contributed by atoms with E-state index < -0.39 is 0 Å². The van der Waals surface area contributed by atoms with Gasteiger partial charge in [0.2, 0.25) is 0 Å². The molecule has 0 aromatic heterocycles. The van der Waals surface area contributed by atoms with Crippen LogP contribution in [0.4, 0.5) is 0 Å². The van der Waals surface area contributed by atoms with Gasteiger partial charge in [0.25, 0.3) is 0 Å². The molecular weight excluding hydrogens is 440 g/mol. The molecule has 2 heteroatoms. The van der Waals surface area contributed by atoms with Crippen molar-refractivity contribution in [3.63, 3.8) is 0 Å². The first-order chi connectivity index (χ1) is 16.8. The second-order valence-corrected chi connectivity index (χ2v) is 15.6. The van der Waals surface area contributed by atoms with Gasteiger partial charge in [-0.2, -0.15) is 0 Å². The van der Waals surface area contributed by atoms with E-state index in [0.29, 0.717) is 27.6 Å². The Morgan fingerprint density at radius 2 is 1.56 bits per heavy atom. The highest BCUT2D eigenvalue weighted by Crippen LogP contribution is 2.89. The van der Waals surface area contributed by atoms with E-state index in [-0.39, 0.29) is 17.5 Å². The maximum Gasteiger partial charge on any atom is 0.302 e. The van der Waals surface area contributed by atoms with Crippen molar-refractivity contribution in [2.75, 3.05) is 0 Å². The fraction of sp³-hybridized carbons (Fsp3) is 0.912. The van der Waals surface area contributed by atoms with Crippen LogP contribution in [0.1, 0.15) is 132 Å². The van der Waals surface area contributed by atoms with Crippen LogP contribution in [0.3, 0.4) is 0 Å². The molecule has 5 aliphatic rings. The first kappa shape index (κ1) is 26.8. The summed E-state index contributed by atoms with van der Waals surface area (Å²) in [6.07, 6.45) is 16.4. The zero-order valence-electron chi connectivity index (χ0n) is 25.0. The summed E-state index contributed by atoms with van der Waals surface area (Å²) in [4.78, 5) is 11.9. The first-order valence-electron chi connectivity index (χ1n) is 15.6. The van der Waals surface area contributed by atoms with Gasteiger partial charge in [-0.15, -0.1) is 0 Å². The van der Waals surface area contributed by atoms with E-state index in [1.807, 2.05) is 0 Å². The van der Waals surface area contributed by atoms with Crippen LogP contribution in [0.15, 0.2) is 12.2 Å². The lowest BCUT2D eigenvalue weighted by atomic mass is 9.41. The number of fused-ring (bicyclic) bond motifs is 2. The summed E-state index contributed by atoms with van der Waals surface area (Å²) in [7, 11) is 0. The van der Waals surface area contributed by atoms with Crippen molar-refractivity contribution in [2.45, 2.75) is 139 Å². The summed E-state index contributed by atoms with van der Waals surface area (Å²) in [6, 6.07) is 0. The van der Waals surface area contributed by atoms with Gasteiger partial charge in [0.1, 0.15) is 6.10 Å². The van der Waals surface area contributed by atoms with E-state index in [4.69, 9.17) is 4.74 Å². The SMILES string of the molecule is C=C(C)[C@@H](CC)CC[C@@H](C)[C@H]1CC[C@@]2(C)[C@@H]3CC[C@H]4C(C)(C)[C@@H](OC(C)=O)CC[C@@]45C[C@@]35CC[C@]12C. The Balaban J connectivity index is 1.36. The van der Waals surface area contributed by atoms with Crippen LogP contribution < -0.4 is 0 Å². The largest absolute Gasteiger partial charge is 0.462 e. The maximum absolute atomic E-state index is 11.9. The van der Waals surface area contributed by atoms with Gasteiger partial charge in [0.05, 0.1) is 0 Å². The van der Waals surface area contributed by atoms with Crippen LogP contribution in [-0.4, -0.2) is 12.1 Å². The Morgan fingerprint density at radius 3 is 2.19 bits per heavy atom. The summed E-state index contributed by atoms with van der Waals surface area (Å²) in [5, 5.41) is 0. The molecule has 5 fully saturated rings. The number of hydrogen-bond acceptors (Lipinski definition) is 2. The van der Waals surface area contributed by atoms with Gasteiger partial charge in [0.15, 0.2) is 0 Å². The number of rotatable bonds is 7. The Labute approximate surface area is 222 Å². The van der Waals surface area contributed by atoms with E-state index in [1.165, 1.54) is 76.2 Å². The topological polar surface area (TPSA) is 26.3 Å². The maximum atomic E-state index is 11.9. The molecule has 2 nitrogen and oxygen atoms in total. The van der Waals surface area contributed by atoms with Gasteiger partial charge in [-0.05, 0) is 135 Å². The molecule has 5 saturated carbocycles. The number of carbonyl (C=O) groups is 1. The molecule has 2 spiro atoms. The smallest absolute Gasteiger partial charge is 0.302 e. The Kier molecular flexibility index (Phi) is 6.41. The predicted molar refractivity (Wildman–Crippen MR) is 149 cm³/mol. The molecule has 0 aliphatic heterocycles. The van der Waals surface area contributed by atoms with Crippen molar-refractivity contribution >= 4 is 5.97 Å². The highest BCUT2D eigenvalue weighted by molar-refractivity contribution is 5.66. The fourth-order valence-electron chi connectivity index (χ4n) is 12.2. The number of carbonyl (C=O) groups excluding carboxylic acids is 1. The van der Waals surface area contributed by atoms with Crippen molar-refractivity contribution in [3.05, 3.63) is 12.2 Å². The van der Waals surface area contributed by atoms with E-state index in [2.05, 4.69) is 55.0 Å². The average Bonchev–Trinajstić information content (AvgIpc) is 3.38. The van der Waals surface area contributed by atoms with Gasteiger partial charge in [-0.1, -0.05) is 53.7 Å². The normalized spacial score (nSPS) is 48.0. The average molecular weight is 497 g/mol. The third-order valence-corrected chi connectivity index (χ3v) is 14.3. The molecule has 0 radical (unpaired) electrons. The number of ether oxygens (including phenoxy) is 1. The Morgan fingerprint density at radius 1 is 0.889 bits per heavy atom. The van der Waals surface area contributed by atoms with E-state index in [9.17, 15) is 4.79 Å². The minimum Gasteiger partial charge on any atom is -0.462 e. The van der Waals surface area contributed by atoms with Gasteiger partial charge >= 0.3 is 5.97 Å². The van der Waals surface area contributed by atoms with Crippen LogP contribution in [-0.2, 0) is 9.53 Å². The summed E-state index contributed by atoms with van der Waals surface area (Å²) in [6.45, 7) is 23.4. The number of allylic oxidation sites excluding steroid dienone is 1. The molecule has 0 amide bonds. The lowest BCUT2D eigenvalue weighted by Crippen LogP contribution is -2.58. The lowest BCUT2D eigenvalue weighted by Gasteiger charge is -2.63. The molecule has 0 aromatic rings. The standard InChI is InChI=1S/C34H56O2/c1-10-25(22(2)3)12-11-23(4)26-15-17-32(9)28-14-13-27-30(6,7)29(36-24(5)35)16-18-33(27)21-34(28,33)20-19-31(26,32)8/h23,25-29H,2,10-21H2,1,3-9H3/t23-,25+,26-,27+,28+,29+,31-,32+,33-,34+/m1/s1. The molecule has 0 N–H and O–H groups in total. The molecule has 10 atom stereocenters. The van der Waals surface area contributed by atoms with Gasteiger partial charge < -0.3 is 4.74 Å². The second-order valence-electron chi connectivity index (χ2n) is 15.6. The van der Waals surface area contributed by atoms with Crippen LogP contribution >= 0.6 is 0 Å². The van der Waals surface area contributed by atoms with Crippen molar-refractivity contribution in [3.8, 4) is 0 Å². The summed E-state index contributed by atoms with van der Waals surface area (Å²) in [5.41, 5.74) is 3.58. The molecule has 5 rings (SSSR count). The molecule has 0 unspecified atom stereocenters. The van der Waals surface area contributed by atoms with E-state index in [1.54, 1.807) is 6.92 Å². The zero-order chi connectivity index (χ0) is 26.3. The van der Waals surface area contributed by atoms with Gasteiger partial charge in [-0.3, -0.25) is 4.79 Å². The third-order valence-electron chi connectivity index (χ3n) is 14.3. The predicted octanol–water partition coefficient (Wildman–Crippen LogP) is 9.38. The minimum absolute atomic E-state index is 0.0937. The second kappa shape index (κ2) is 8.61. The van der Waals surface area contributed by atoms with Crippen LogP contribution in [0.2, 0.25) is 0 Å². The van der Waals surface area contributed by atoms with Crippen molar-refractivity contribution in [1.29, 1.82) is 0 Å². The Hall–Kier alpha value is -0.790. The van der Waals surface area contributed by atoms with Gasteiger partial charge in [-0.25, -0.2) is 0 Å². The monoisotopic (exact) mass is 496 g/mol. The quantitative estimate of drug-likeness (QED) is 0.259.